The Balaban J connectivity index is 0.910. The van der Waals surface area contributed by atoms with E-state index in [1.807, 2.05) is 72.5 Å². The number of amides is 5. The number of nitrogens with one attached hydrogen (secondary N) is 3. The summed E-state index contributed by atoms with van der Waals surface area (Å²) in [5, 5.41) is 10.7. The van der Waals surface area contributed by atoms with Crippen molar-refractivity contribution >= 4 is 51.2 Å². The van der Waals surface area contributed by atoms with E-state index in [2.05, 4.69) is 38.8 Å². The van der Waals surface area contributed by atoms with Crippen LogP contribution in [0.2, 0.25) is 0 Å². The number of aromatic nitrogens is 3. The van der Waals surface area contributed by atoms with Gasteiger partial charge < -0.3 is 20.1 Å². The van der Waals surface area contributed by atoms with Crippen molar-refractivity contribution in [1.29, 1.82) is 0 Å². The molecule has 6 aromatic rings. The van der Waals surface area contributed by atoms with E-state index in [0.29, 0.717) is 41.8 Å². The Morgan fingerprint density at radius 3 is 2.53 bits per heavy atom. The summed E-state index contributed by atoms with van der Waals surface area (Å²) in [7, 11) is 3.55. The van der Waals surface area contributed by atoms with Gasteiger partial charge in [0.05, 0.1) is 11.3 Å². The van der Waals surface area contributed by atoms with E-state index in [1.165, 1.54) is 4.90 Å². The van der Waals surface area contributed by atoms with Crippen LogP contribution in [0.15, 0.2) is 91.4 Å². The highest BCUT2D eigenvalue weighted by Gasteiger charge is 2.39. The predicted octanol–water partition coefficient (Wildman–Crippen LogP) is 4.75. The lowest BCUT2D eigenvalue weighted by molar-refractivity contribution is -0.136. The maximum atomic E-state index is 13.1. The van der Waals surface area contributed by atoms with Crippen LogP contribution in [0, 0.1) is 11.8 Å². The van der Waals surface area contributed by atoms with Crippen molar-refractivity contribution in [2.75, 3.05) is 13.6 Å². The molecule has 1 atom stereocenters. The summed E-state index contributed by atoms with van der Waals surface area (Å²) in [6, 6.07) is 22.3. The topological polar surface area (TPSA) is 155 Å². The first-order chi connectivity index (χ1) is 26.7. The number of imide groups is 1. The van der Waals surface area contributed by atoms with Crippen LogP contribution in [0.5, 0.6) is 0 Å². The first kappa shape index (κ1) is 34.9. The van der Waals surface area contributed by atoms with Crippen molar-refractivity contribution in [3.05, 3.63) is 119 Å². The van der Waals surface area contributed by atoms with E-state index in [4.69, 9.17) is 4.98 Å². The summed E-state index contributed by atoms with van der Waals surface area (Å²) in [4.78, 5) is 73.2. The molecule has 0 saturated carbocycles. The normalized spacial score (nSPS) is 15.1. The van der Waals surface area contributed by atoms with Crippen molar-refractivity contribution in [1.82, 2.24) is 35.4 Å². The summed E-state index contributed by atoms with van der Waals surface area (Å²) in [6.07, 6.45) is 6.17. The second-order valence-electron chi connectivity index (χ2n) is 13.5. The third kappa shape index (κ3) is 6.57. The van der Waals surface area contributed by atoms with E-state index >= 15 is 0 Å². The number of hydrogen-bond donors (Lipinski definition) is 3. The lowest BCUT2D eigenvalue weighted by atomic mass is 9.97. The van der Waals surface area contributed by atoms with Gasteiger partial charge in [0.2, 0.25) is 11.8 Å². The molecule has 5 amide bonds. The molecule has 0 radical (unpaired) electrons. The number of fused-ring (bicyclic) bond motifs is 3. The summed E-state index contributed by atoms with van der Waals surface area (Å²) in [5.41, 5.74) is 7.25. The Bertz CT molecular complexity index is 2650. The molecule has 55 heavy (non-hydrogen) atoms. The zero-order valence-electron chi connectivity index (χ0n) is 30.1. The smallest absolute Gasteiger partial charge is 0.269 e. The van der Waals surface area contributed by atoms with Gasteiger partial charge in [0.15, 0.2) is 0 Å². The molecule has 3 N–H and O–H groups in total. The number of carbonyl (C=O) groups excluding carboxylic acids is 5. The highest BCUT2D eigenvalue weighted by molar-refractivity contribution is 6.09. The van der Waals surface area contributed by atoms with E-state index in [0.717, 1.165) is 43.9 Å². The predicted molar refractivity (Wildman–Crippen MR) is 207 cm³/mol. The van der Waals surface area contributed by atoms with Crippen molar-refractivity contribution in [3.63, 3.8) is 0 Å². The van der Waals surface area contributed by atoms with E-state index in [-0.39, 0.29) is 42.3 Å². The number of benzene rings is 3. The zero-order valence-corrected chi connectivity index (χ0v) is 30.1. The molecule has 0 aliphatic carbocycles. The van der Waals surface area contributed by atoms with E-state index < -0.39 is 11.9 Å². The molecule has 12 heteroatoms. The average Bonchev–Trinajstić information content (AvgIpc) is 3.72. The van der Waals surface area contributed by atoms with Gasteiger partial charge in [-0.2, -0.15) is 0 Å². The standard InChI is InChI=1S/C43H35N7O5/c1-44-40(52)34-23-49(2)37-15-13-27(19-31(34)37)29-10-6-9-26-20-36(47-22-32(26)29)28-12-14-35(46-21-28)41(53)45-18-4-3-7-25-8-5-11-30-33(25)24-50(43(30)55)38-16-17-39(51)48-42(38)54/h5-6,8-15,19-23,38H,4,16-18,24H2,1-2H3,(H,44,52)(H,45,53)(H,48,51,54). The maximum Gasteiger partial charge on any atom is 0.269 e. The van der Waals surface area contributed by atoms with Gasteiger partial charge in [-0.1, -0.05) is 42.2 Å². The van der Waals surface area contributed by atoms with Gasteiger partial charge >= 0.3 is 0 Å². The van der Waals surface area contributed by atoms with Gasteiger partial charge in [-0.15, -0.1) is 0 Å². The van der Waals surface area contributed by atoms with Gasteiger partial charge in [0.1, 0.15) is 11.7 Å². The van der Waals surface area contributed by atoms with Crippen LogP contribution < -0.4 is 16.0 Å². The molecule has 272 valence electrons. The van der Waals surface area contributed by atoms with Gasteiger partial charge in [-0.05, 0) is 71.0 Å². The minimum Gasteiger partial charge on any atom is -0.355 e. The molecule has 8 rings (SSSR count). The fourth-order valence-electron chi connectivity index (χ4n) is 7.33. The highest BCUT2D eigenvalue weighted by Crippen LogP contribution is 2.34. The van der Waals surface area contributed by atoms with Crippen LogP contribution in [0.1, 0.15) is 61.6 Å². The second kappa shape index (κ2) is 14.4. The lowest BCUT2D eigenvalue weighted by Crippen LogP contribution is -2.52. The van der Waals surface area contributed by atoms with E-state index in [1.54, 1.807) is 31.4 Å². The number of rotatable bonds is 7. The first-order valence-electron chi connectivity index (χ1n) is 17.9. The molecule has 5 heterocycles. The first-order valence-corrected chi connectivity index (χ1v) is 17.9. The molecule has 1 fully saturated rings. The third-order valence-corrected chi connectivity index (χ3v) is 10.2. The minimum atomic E-state index is -0.692. The van der Waals surface area contributed by atoms with Crippen LogP contribution in [0.4, 0.5) is 0 Å². The molecule has 1 unspecified atom stereocenters. The molecule has 1 saturated heterocycles. The number of pyridine rings is 2. The Morgan fingerprint density at radius 1 is 0.909 bits per heavy atom. The maximum absolute atomic E-state index is 13.1. The van der Waals surface area contributed by atoms with Crippen molar-refractivity contribution in [3.8, 4) is 34.2 Å². The molecular weight excluding hydrogens is 695 g/mol. The summed E-state index contributed by atoms with van der Waals surface area (Å²) in [5.74, 6) is 4.69. The molecule has 2 aliphatic heterocycles. The van der Waals surface area contributed by atoms with Crippen molar-refractivity contribution in [2.45, 2.75) is 31.8 Å². The number of aryl methyl sites for hydroxylation is 1. The summed E-state index contributed by atoms with van der Waals surface area (Å²) < 4.78 is 1.95. The Hall–Kier alpha value is -7.13. The molecule has 2 aliphatic rings. The third-order valence-electron chi connectivity index (χ3n) is 10.2. The molecule has 0 bridgehead atoms. The van der Waals surface area contributed by atoms with Gasteiger partial charge in [-0.3, -0.25) is 39.3 Å². The van der Waals surface area contributed by atoms with Crippen molar-refractivity contribution < 1.29 is 24.0 Å². The quantitative estimate of drug-likeness (QED) is 0.122. The summed E-state index contributed by atoms with van der Waals surface area (Å²) >= 11 is 0. The monoisotopic (exact) mass is 729 g/mol. The van der Waals surface area contributed by atoms with Crippen LogP contribution >= 0.6 is 0 Å². The van der Waals surface area contributed by atoms with E-state index in [9.17, 15) is 24.0 Å². The van der Waals surface area contributed by atoms with Crippen molar-refractivity contribution in [2.24, 2.45) is 7.05 Å². The number of hydrogen-bond acceptors (Lipinski definition) is 7. The molecule has 3 aromatic carbocycles. The fraction of sp³-hybridized carbons (Fsp3) is 0.186. The largest absolute Gasteiger partial charge is 0.355 e. The number of carbonyl (C=O) groups is 5. The number of piperidine rings is 1. The Labute approximate surface area is 316 Å². The number of nitrogens with zero attached hydrogens (tertiary/aromatic N) is 4. The molecular formula is C43H35N7O5. The van der Waals surface area contributed by atoms with Gasteiger partial charge in [0.25, 0.3) is 17.7 Å². The SMILES string of the molecule is CNC(=O)c1cn(C)c2ccc(-c3cccc4cc(-c5ccc(C(=O)NCCC#Cc6cccc7c6CN(C6CCC(=O)NC6=O)C7=O)nc5)ncc34)cc12. The van der Waals surface area contributed by atoms with Crippen LogP contribution in [-0.2, 0) is 23.2 Å². The minimum absolute atomic E-state index is 0.135. The highest BCUT2D eigenvalue weighted by atomic mass is 16.2. The van der Waals surface area contributed by atoms with Gasteiger partial charge in [-0.25, -0.2) is 0 Å². The molecule has 12 nitrogen and oxygen atoms in total. The lowest BCUT2D eigenvalue weighted by Gasteiger charge is -2.29. The van der Waals surface area contributed by atoms with Crippen LogP contribution in [0.25, 0.3) is 44.1 Å². The average molecular weight is 730 g/mol. The molecule has 3 aromatic heterocycles. The Kier molecular flexibility index (Phi) is 9.12. The van der Waals surface area contributed by atoms with Crippen LogP contribution in [-0.4, -0.2) is 68.6 Å². The fourth-order valence-corrected chi connectivity index (χ4v) is 7.33. The van der Waals surface area contributed by atoms with Gasteiger partial charge in [0, 0.05) is 91.6 Å². The van der Waals surface area contributed by atoms with Crippen LogP contribution in [0.3, 0.4) is 0 Å². The molecule has 0 spiro atoms. The Morgan fingerprint density at radius 2 is 1.73 bits per heavy atom. The second-order valence-corrected chi connectivity index (χ2v) is 13.5. The zero-order chi connectivity index (χ0) is 38.2. The summed E-state index contributed by atoms with van der Waals surface area (Å²) in [6.45, 7) is 0.539.